The van der Waals surface area contributed by atoms with Crippen molar-refractivity contribution in [3.63, 3.8) is 0 Å². The van der Waals surface area contributed by atoms with Crippen LogP contribution in [0.1, 0.15) is 48.5 Å². The van der Waals surface area contributed by atoms with Gasteiger partial charge in [0.25, 0.3) is 5.91 Å². The van der Waals surface area contributed by atoms with Gasteiger partial charge in [0.1, 0.15) is 0 Å². The Balaban J connectivity index is 1.91. The number of carbonyl (C=O) groups excluding carboxylic acids is 1. The van der Waals surface area contributed by atoms with Gasteiger partial charge in [-0.1, -0.05) is 13.0 Å². The summed E-state index contributed by atoms with van der Waals surface area (Å²) >= 11 is 0. The van der Waals surface area contributed by atoms with Gasteiger partial charge in [-0.3, -0.25) is 4.79 Å². The molecule has 0 radical (unpaired) electrons. The number of amides is 1. The zero-order valence-corrected chi connectivity index (χ0v) is 17.7. The third-order valence-electron chi connectivity index (χ3n) is 6.31. The summed E-state index contributed by atoms with van der Waals surface area (Å²) in [6.45, 7) is 7.67. The molecule has 2 saturated heterocycles. The first-order valence-electron chi connectivity index (χ1n) is 10.6. The second kappa shape index (κ2) is 9.25. The van der Waals surface area contributed by atoms with E-state index >= 15 is 0 Å². The predicted molar refractivity (Wildman–Crippen MR) is 114 cm³/mol. The quantitative estimate of drug-likeness (QED) is 0.749. The maximum absolute atomic E-state index is 12.1. The Labute approximate surface area is 169 Å². The lowest BCUT2D eigenvalue weighted by Crippen LogP contribution is -2.48. The Morgan fingerprint density at radius 3 is 2.57 bits per heavy atom. The molecule has 1 aromatic carbocycles. The van der Waals surface area contributed by atoms with Crippen LogP contribution in [0, 0.1) is 5.92 Å². The molecule has 3 rings (SSSR count). The molecule has 3 N–H and O–H groups in total. The van der Waals surface area contributed by atoms with Gasteiger partial charge in [0, 0.05) is 50.6 Å². The molecule has 2 heterocycles. The summed E-state index contributed by atoms with van der Waals surface area (Å²) < 4.78 is 5.66. The number of anilines is 1. The first-order chi connectivity index (χ1) is 13.4. The average molecular weight is 389 g/mol. The van der Waals surface area contributed by atoms with E-state index in [2.05, 4.69) is 48.3 Å². The second-order valence-corrected chi connectivity index (χ2v) is 8.69. The standard InChI is InChI=1S/C22H36N4O2/c1-17-6-11-26(12-7-17)20-16-18(4-5-19(20)21(23)27)22(8-14-28-15-9-22)24-10-13-25(2)3/h4-5,16-17,24H,6-15H2,1-3H3,(H2,23,27). The summed E-state index contributed by atoms with van der Waals surface area (Å²) in [6.07, 6.45) is 4.19. The molecule has 1 amide bonds. The van der Waals surface area contributed by atoms with Crippen molar-refractivity contribution >= 4 is 11.6 Å². The number of nitrogens with one attached hydrogen (secondary N) is 1. The minimum absolute atomic E-state index is 0.109. The van der Waals surface area contributed by atoms with Crippen LogP contribution in [0.4, 0.5) is 5.69 Å². The molecule has 6 heteroatoms. The van der Waals surface area contributed by atoms with Crippen molar-refractivity contribution in [2.45, 2.75) is 38.1 Å². The van der Waals surface area contributed by atoms with Crippen LogP contribution in [0.2, 0.25) is 0 Å². The van der Waals surface area contributed by atoms with E-state index in [0.29, 0.717) is 5.56 Å². The number of likely N-dealkylation sites (N-methyl/N-ethyl adjacent to an activating group) is 1. The van der Waals surface area contributed by atoms with Crippen LogP contribution in [0.15, 0.2) is 18.2 Å². The number of carbonyl (C=O) groups is 1. The maximum Gasteiger partial charge on any atom is 0.250 e. The minimum atomic E-state index is -0.346. The molecule has 156 valence electrons. The average Bonchev–Trinajstić information content (AvgIpc) is 2.68. The fourth-order valence-electron chi connectivity index (χ4n) is 4.35. The Hall–Kier alpha value is -1.63. The monoisotopic (exact) mass is 388 g/mol. The number of benzene rings is 1. The van der Waals surface area contributed by atoms with Gasteiger partial charge in [-0.15, -0.1) is 0 Å². The topological polar surface area (TPSA) is 70.8 Å². The van der Waals surface area contributed by atoms with Crippen molar-refractivity contribution in [2.24, 2.45) is 11.7 Å². The third kappa shape index (κ3) is 4.85. The van der Waals surface area contributed by atoms with Gasteiger partial charge in [0.05, 0.1) is 5.56 Å². The number of hydrogen-bond acceptors (Lipinski definition) is 5. The SMILES string of the molecule is CC1CCN(c2cc(C3(NCCN(C)C)CCOCC3)ccc2C(N)=O)CC1. The Morgan fingerprint density at radius 1 is 1.29 bits per heavy atom. The molecule has 0 aliphatic carbocycles. The molecule has 0 unspecified atom stereocenters. The van der Waals surface area contributed by atoms with Crippen molar-refractivity contribution < 1.29 is 9.53 Å². The third-order valence-corrected chi connectivity index (χ3v) is 6.31. The highest BCUT2D eigenvalue weighted by molar-refractivity contribution is 5.98. The van der Waals surface area contributed by atoms with Crippen molar-refractivity contribution in [2.75, 3.05) is 58.4 Å². The lowest BCUT2D eigenvalue weighted by atomic mass is 9.81. The first-order valence-corrected chi connectivity index (χ1v) is 10.6. The molecular formula is C22H36N4O2. The van der Waals surface area contributed by atoms with E-state index in [1.165, 1.54) is 5.56 Å². The second-order valence-electron chi connectivity index (χ2n) is 8.69. The van der Waals surface area contributed by atoms with E-state index in [0.717, 1.165) is 76.7 Å². The van der Waals surface area contributed by atoms with Crippen LogP contribution in [0.5, 0.6) is 0 Å². The molecule has 2 fully saturated rings. The molecule has 0 spiro atoms. The number of primary amides is 1. The van der Waals surface area contributed by atoms with E-state index < -0.39 is 0 Å². The smallest absolute Gasteiger partial charge is 0.250 e. The van der Waals surface area contributed by atoms with Crippen LogP contribution >= 0.6 is 0 Å². The van der Waals surface area contributed by atoms with Crippen molar-refractivity contribution in [3.8, 4) is 0 Å². The minimum Gasteiger partial charge on any atom is -0.381 e. The number of hydrogen-bond donors (Lipinski definition) is 2. The molecule has 2 aliphatic heterocycles. The summed E-state index contributed by atoms with van der Waals surface area (Å²) in [7, 11) is 4.19. The molecule has 0 atom stereocenters. The molecule has 6 nitrogen and oxygen atoms in total. The molecule has 28 heavy (non-hydrogen) atoms. The molecule has 0 aromatic heterocycles. The number of rotatable bonds is 7. The van der Waals surface area contributed by atoms with Gasteiger partial charge in [-0.25, -0.2) is 0 Å². The van der Waals surface area contributed by atoms with E-state index in [4.69, 9.17) is 10.5 Å². The van der Waals surface area contributed by atoms with Gasteiger partial charge < -0.3 is 25.6 Å². The molecule has 1 aromatic rings. The summed E-state index contributed by atoms with van der Waals surface area (Å²) in [5.41, 5.74) is 8.48. The van der Waals surface area contributed by atoms with Crippen molar-refractivity contribution in [1.82, 2.24) is 10.2 Å². The number of nitrogens with zero attached hydrogens (tertiary/aromatic N) is 2. The summed E-state index contributed by atoms with van der Waals surface area (Å²) in [4.78, 5) is 16.6. The van der Waals surface area contributed by atoms with Crippen LogP contribution < -0.4 is 16.0 Å². The largest absolute Gasteiger partial charge is 0.381 e. The zero-order valence-electron chi connectivity index (χ0n) is 17.7. The molecule has 2 aliphatic rings. The predicted octanol–water partition coefficient (Wildman–Crippen LogP) is 2.18. The maximum atomic E-state index is 12.1. The highest BCUT2D eigenvalue weighted by atomic mass is 16.5. The number of nitrogens with two attached hydrogens (primary N) is 1. The number of ether oxygens (including phenoxy) is 1. The van der Waals surface area contributed by atoms with Gasteiger partial charge >= 0.3 is 0 Å². The molecule has 0 saturated carbocycles. The Kier molecular flexibility index (Phi) is 6.96. The zero-order chi connectivity index (χ0) is 20.1. The summed E-state index contributed by atoms with van der Waals surface area (Å²) in [5, 5.41) is 3.81. The molecular weight excluding hydrogens is 352 g/mol. The van der Waals surface area contributed by atoms with Crippen LogP contribution in [0.25, 0.3) is 0 Å². The lowest BCUT2D eigenvalue weighted by Gasteiger charge is -2.40. The first kappa shape index (κ1) is 21.1. The van der Waals surface area contributed by atoms with Crippen molar-refractivity contribution in [3.05, 3.63) is 29.3 Å². The highest BCUT2D eigenvalue weighted by Crippen LogP contribution is 2.36. The fraction of sp³-hybridized carbons (Fsp3) is 0.682. The summed E-state index contributed by atoms with van der Waals surface area (Å²) in [6, 6.07) is 6.23. The van der Waals surface area contributed by atoms with E-state index in [1.807, 2.05) is 6.07 Å². The van der Waals surface area contributed by atoms with Gasteiger partial charge in [-0.05, 0) is 63.4 Å². The van der Waals surface area contributed by atoms with Gasteiger partial charge in [0.2, 0.25) is 0 Å². The van der Waals surface area contributed by atoms with Crippen LogP contribution in [-0.4, -0.2) is 64.3 Å². The van der Waals surface area contributed by atoms with Crippen LogP contribution in [-0.2, 0) is 10.3 Å². The fourth-order valence-corrected chi connectivity index (χ4v) is 4.35. The molecule has 0 bridgehead atoms. The van der Waals surface area contributed by atoms with Gasteiger partial charge in [0.15, 0.2) is 0 Å². The lowest BCUT2D eigenvalue weighted by molar-refractivity contribution is 0.0361. The highest BCUT2D eigenvalue weighted by Gasteiger charge is 2.35. The van der Waals surface area contributed by atoms with E-state index in [9.17, 15) is 4.79 Å². The van der Waals surface area contributed by atoms with E-state index in [1.54, 1.807) is 0 Å². The number of piperidine rings is 1. The Bertz CT molecular complexity index is 663. The van der Waals surface area contributed by atoms with Gasteiger partial charge in [-0.2, -0.15) is 0 Å². The Morgan fingerprint density at radius 2 is 1.96 bits per heavy atom. The van der Waals surface area contributed by atoms with Crippen LogP contribution in [0.3, 0.4) is 0 Å². The van der Waals surface area contributed by atoms with Crippen molar-refractivity contribution in [1.29, 1.82) is 0 Å². The normalized spacial score (nSPS) is 20.5. The summed E-state index contributed by atoms with van der Waals surface area (Å²) in [5.74, 6) is 0.396. The van der Waals surface area contributed by atoms with E-state index in [-0.39, 0.29) is 11.4 Å².